The van der Waals surface area contributed by atoms with Crippen molar-refractivity contribution >= 4 is 6.29 Å². The fourth-order valence-corrected chi connectivity index (χ4v) is 0.891. The Kier molecular flexibility index (Phi) is 3.04. The molecule has 0 N–H and O–H groups in total. The molecule has 0 spiro atoms. The Balaban J connectivity index is 3.05. The van der Waals surface area contributed by atoms with Crippen molar-refractivity contribution < 1.29 is 9.53 Å². The number of methoxy groups -OCH3 is 1. The molecule has 0 aliphatic carbocycles. The van der Waals surface area contributed by atoms with Crippen LogP contribution in [0.1, 0.15) is 11.3 Å². The lowest BCUT2D eigenvalue weighted by atomic mass is 10.2. The second kappa shape index (κ2) is 4.27. The number of aromatic nitrogens is 1. The van der Waals surface area contributed by atoms with Crippen molar-refractivity contribution in [3.8, 4) is 17.7 Å². The molecule has 3 nitrogen and oxygen atoms in total. The molecule has 1 aromatic heterocycles. The van der Waals surface area contributed by atoms with Crippen LogP contribution >= 0.6 is 0 Å². The van der Waals surface area contributed by atoms with Gasteiger partial charge in [-0.25, -0.2) is 4.98 Å². The summed E-state index contributed by atoms with van der Waals surface area (Å²) in [6.07, 6.45) is 0.559. The third-order valence-corrected chi connectivity index (χ3v) is 1.54. The Morgan fingerprint density at radius 3 is 2.85 bits per heavy atom. The summed E-state index contributed by atoms with van der Waals surface area (Å²) in [7, 11) is 1.55. The number of hydrogen-bond donors (Lipinski definition) is 0. The summed E-state index contributed by atoms with van der Waals surface area (Å²) >= 11 is 0. The SMILES string of the molecule is COc1ccc(C#CC=O)c(C)n1. The van der Waals surface area contributed by atoms with E-state index in [2.05, 4.69) is 16.8 Å². The normalized spacial score (nSPS) is 8.46. The maximum atomic E-state index is 9.99. The third-order valence-electron chi connectivity index (χ3n) is 1.54. The molecule has 1 aromatic rings. The first-order valence-electron chi connectivity index (χ1n) is 3.74. The van der Waals surface area contributed by atoms with Crippen molar-refractivity contribution in [1.29, 1.82) is 0 Å². The number of carbonyl (C=O) groups excluding carboxylic acids is 1. The molecule has 0 saturated heterocycles. The highest BCUT2D eigenvalue weighted by molar-refractivity contribution is 5.74. The highest BCUT2D eigenvalue weighted by Crippen LogP contribution is 2.10. The van der Waals surface area contributed by atoms with Gasteiger partial charge in [-0.3, -0.25) is 4.79 Å². The highest BCUT2D eigenvalue weighted by Gasteiger charge is 1.97. The van der Waals surface area contributed by atoms with Crippen molar-refractivity contribution in [2.75, 3.05) is 7.11 Å². The first kappa shape index (κ1) is 9.27. The van der Waals surface area contributed by atoms with Crippen LogP contribution in [0.3, 0.4) is 0 Å². The van der Waals surface area contributed by atoms with E-state index < -0.39 is 0 Å². The van der Waals surface area contributed by atoms with Gasteiger partial charge in [-0.05, 0) is 18.9 Å². The van der Waals surface area contributed by atoms with Crippen LogP contribution in [0.2, 0.25) is 0 Å². The fraction of sp³-hybridized carbons (Fsp3) is 0.200. The molecule has 0 unspecified atom stereocenters. The first-order chi connectivity index (χ1) is 6.27. The number of aryl methyl sites for hydroxylation is 1. The first-order valence-corrected chi connectivity index (χ1v) is 3.74. The Morgan fingerprint density at radius 1 is 1.54 bits per heavy atom. The van der Waals surface area contributed by atoms with Crippen molar-refractivity contribution in [3.63, 3.8) is 0 Å². The lowest BCUT2D eigenvalue weighted by Crippen LogP contribution is -1.92. The second-order valence-corrected chi connectivity index (χ2v) is 2.37. The number of ether oxygens (including phenoxy) is 1. The van der Waals surface area contributed by atoms with Crippen LogP contribution in [0.25, 0.3) is 0 Å². The lowest BCUT2D eigenvalue weighted by molar-refractivity contribution is -0.103. The smallest absolute Gasteiger partial charge is 0.213 e. The number of carbonyl (C=O) groups is 1. The maximum Gasteiger partial charge on any atom is 0.213 e. The molecule has 13 heavy (non-hydrogen) atoms. The summed E-state index contributed by atoms with van der Waals surface area (Å²) in [5, 5.41) is 0. The largest absolute Gasteiger partial charge is 0.481 e. The van der Waals surface area contributed by atoms with Gasteiger partial charge >= 0.3 is 0 Å². The second-order valence-electron chi connectivity index (χ2n) is 2.37. The minimum atomic E-state index is 0.550. The minimum Gasteiger partial charge on any atom is -0.481 e. The monoisotopic (exact) mass is 175 g/mol. The summed E-state index contributed by atoms with van der Waals surface area (Å²) in [6.45, 7) is 1.82. The molecule has 0 saturated carbocycles. The minimum absolute atomic E-state index is 0.550. The molecule has 0 aliphatic heterocycles. The van der Waals surface area contributed by atoms with E-state index in [4.69, 9.17) is 4.74 Å². The molecule has 0 fully saturated rings. The van der Waals surface area contributed by atoms with Crippen LogP contribution in [-0.2, 0) is 4.79 Å². The molecule has 0 aliphatic rings. The van der Waals surface area contributed by atoms with Crippen molar-refractivity contribution in [2.24, 2.45) is 0 Å². The Bertz CT molecular complexity index is 374. The van der Waals surface area contributed by atoms with Gasteiger partial charge < -0.3 is 4.74 Å². The summed E-state index contributed by atoms with van der Waals surface area (Å²) in [5.41, 5.74) is 1.50. The summed E-state index contributed by atoms with van der Waals surface area (Å²) < 4.78 is 4.93. The van der Waals surface area contributed by atoms with Gasteiger partial charge in [0.2, 0.25) is 5.88 Å². The molecular formula is C10H9NO2. The zero-order valence-electron chi connectivity index (χ0n) is 7.50. The predicted molar refractivity (Wildman–Crippen MR) is 48.5 cm³/mol. The summed E-state index contributed by atoms with van der Waals surface area (Å²) in [6, 6.07) is 3.49. The van der Waals surface area contributed by atoms with Crippen molar-refractivity contribution in [1.82, 2.24) is 4.98 Å². The molecule has 3 heteroatoms. The van der Waals surface area contributed by atoms with Crippen LogP contribution in [-0.4, -0.2) is 18.4 Å². The Hall–Kier alpha value is -1.82. The lowest BCUT2D eigenvalue weighted by Gasteiger charge is -2.00. The molecule has 0 radical (unpaired) electrons. The number of pyridine rings is 1. The van der Waals surface area contributed by atoms with Crippen LogP contribution < -0.4 is 4.74 Å². The van der Waals surface area contributed by atoms with E-state index in [0.717, 1.165) is 11.3 Å². The van der Waals surface area contributed by atoms with E-state index in [1.165, 1.54) is 0 Å². The molecule has 1 rings (SSSR count). The standard InChI is InChI=1S/C10H9NO2/c1-8-9(4-3-7-12)5-6-10(11-8)13-2/h5-7H,1-2H3. The quantitative estimate of drug-likeness (QED) is 0.471. The third kappa shape index (κ3) is 2.31. The molecule has 0 amide bonds. The molecule has 66 valence electrons. The highest BCUT2D eigenvalue weighted by atomic mass is 16.5. The van der Waals surface area contributed by atoms with Crippen LogP contribution in [0.4, 0.5) is 0 Å². The number of rotatable bonds is 1. The molecule has 0 atom stereocenters. The van der Waals surface area contributed by atoms with Gasteiger partial charge in [-0.1, -0.05) is 5.92 Å². The number of aldehydes is 1. The van der Waals surface area contributed by atoms with Gasteiger partial charge in [-0.2, -0.15) is 0 Å². The predicted octanol–water partition coefficient (Wildman–Crippen LogP) is 0.949. The zero-order valence-corrected chi connectivity index (χ0v) is 7.50. The van der Waals surface area contributed by atoms with Gasteiger partial charge in [-0.15, -0.1) is 0 Å². The van der Waals surface area contributed by atoms with E-state index >= 15 is 0 Å². The molecule has 1 heterocycles. The van der Waals surface area contributed by atoms with Gasteiger partial charge in [0.25, 0.3) is 0 Å². The van der Waals surface area contributed by atoms with Gasteiger partial charge in [0.15, 0.2) is 6.29 Å². The van der Waals surface area contributed by atoms with E-state index in [1.54, 1.807) is 19.2 Å². The fourth-order valence-electron chi connectivity index (χ4n) is 0.891. The van der Waals surface area contributed by atoms with Gasteiger partial charge in [0, 0.05) is 11.6 Å². The molecule has 0 bridgehead atoms. The van der Waals surface area contributed by atoms with E-state index in [9.17, 15) is 4.79 Å². The molecular weight excluding hydrogens is 166 g/mol. The van der Waals surface area contributed by atoms with Crippen LogP contribution in [0.15, 0.2) is 12.1 Å². The summed E-state index contributed by atoms with van der Waals surface area (Å²) in [5.74, 6) is 5.56. The van der Waals surface area contributed by atoms with Crippen molar-refractivity contribution in [3.05, 3.63) is 23.4 Å². The van der Waals surface area contributed by atoms with Gasteiger partial charge in [0.05, 0.1) is 12.8 Å². The average molecular weight is 175 g/mol. The molecule has 0 aromatic carbocycles. The summed E-state index contributed by atoms with van der Waals surface area (Å²) in [4.78, 5) is 14.1. The zero-order chi connectivity index (χ0) is 9.68. The average Bonchev–Trinajstić information content (AvgIpc) is 2.16. The van der Waals surface area contributed by atoms with E-state index in [-0.39, 0.29) is 0 Å². The van der Waals surface area contributed by atoms with Crippen LogP contribution in [0, 0.1) is 18.8 Å². The number of nitrogens with zero attached hydrogens (tertiary/aromatic N) is 1. The van der Waals surface area contributed by atoms with Crippen molar-refractivity contribution in [2.45, 2.75) is 6.92 Å². The number of hydrogen-bond acceptors (Lipinski definition) is 3. The van der Waals surface area contributed by atoms with Gasteiger partial charge in [0.1, 0.15) is 0 Å². The topological polar surface area (TPSA) is 39.2 Å². The Labute approximate surface area is 76.8 Å². The van der Waals surface area contributed by atoms with E-state index in [0.29, 0.717) is 12.2 Å². The van der Waals surface area contributed by atoms with E-state index in [1.807, 2.05) is 6.92 Å². The Morgan fingerprint density at radius 2 is 2.31 bits per heavy atom. The van der Waals surface area contributed by atoms with Crippen LogP contribution in [0.5, 0.6) is 5.88 Å². The maximum absolute atomic E-state index is 9.99.